The Morgan fingerprint density at radius 3 is 2.24 bits per heavy atom. The summed E-state index contributed by atoms with van der Waals surface area (Å²) in [5.74, 6) is -0.253. The second kappa shape index (κ2) is 11.5. The Kier molecular flexibility index (Phi) is 8.67. The topological polar surface area (TPSA) is 42.0 Å². The van der Waals surface area contributed by atoms with E-state index in [1.807, 2.05) is 31.3 Å². The van der Waals surface area contributed by atoms with Crippen molar-refractivity contribution in [2.24, 2.45) is 5.92 Å². The SMILES string of the molecule is COc1cc(F)c(CN(C(=O)Cc2ccc(OCC(C)C)cc2)C2CCN(C)CC2)c(F)c1. The maximum Gasteiger partial charge on any atom is 0.227 e. The predicted molar refractivity (Wildman–Crippen MR) is 124 cm³/mol. The number of hydrogen-bond donors (Lipinski definition) is 0. The van der Waals surface area contributed by atoms with Gasteiger partial charge in [-0.2, -0.15) is 0 Å². The van der Waals surface area contributed by atoms with Crippen LogP contribution in [0, 0.1) is 17.6 Å². The van der Waals surface area contributed by atoms with Crippen molar-refractivity contribution in [3.63, 3.8) is 0 Å². The minimum Gasteiger partial charge on any atom is -0.497 e. The van der Waals surface area contributed by atoms with E-state index in [-0.39, 0.29) is 36.2 Å². The average Bonchev–Trinajstić information content (AvgIpc) is 2.78. The normalized spacial score (nSPS) is 15.0. The first-order chi connectivity index (χ1) is 15.8. The van der Waals surface area contributed by atoms with Gasteiger partial charge in [-0.15, -0.1) is 0 Å². The highest BCUT2D eigenvalue weighted by molar-refractivity contribution is 5.79. The number of carbonyl (C=O) groups excluding carboxylic acids is 1. The lowest BCUT2D eigenvalue weighted by molar-refractivity contribution is -0.134. The van der Waals surface area contributed by atoms with Crippen LogP contribution in [-0.2, 0) is 17.8 Å². The molecule has 1 heterocycles. The van der Waals surface area contributed by atoms with Crippen molar-refractivity contribution in [1.29, 1.82) is 0 Å². The van der Waals surface area contributed by atoms with Crippen LogP contribution in [0.4, 0.5) is 8.78 Å². The molecular formula is C26H34F2N2O3. The molecule has 0 atom stereocenters. The highest BCUT2D eigenvalue weighted by Crippen LogP contribution is 2.26. The Bertz CT molecular complexity index is 903. The van der Waals surface area contributed by atoms with E-state index in [0.29, 0.717) is 12.5 Å². The fourth-order valence-electron chi connectivity index (χ4n) is 3.99. The van der Waals surface area contributed by atoms with Crippen LogP contribution in [0.5, 0.6) is 11.5 Å². The van der Waals surface area contributed by atoms with Gasteiger partial charge < -0.3 is 19.3 Å². The summed E-state index contributed by atoms with van der Waals surface area (Å²) in [5, 5.41) is 0. The van der Waals surface area contributed by atoms with Crippen molar-refractivity contribution >= 4 is 5.91 Å². The Morgan fingerprint density at radius 1 is 1.09 bits per heavy atom. The molecule has 2 aromatic rings. The van der Waals surface area contributed by atoms with Crippen LogP contribution in [0.15, 0.2) is 36.4 Å². The number of halogens is 2. The molecule has 1 aliphatic rings. The summed E-state index contributed by atoms with van der Waals surface area (Å²) in [7, 11) is 3.40. The quantitative estimate of drug-likeness (QED) is 0.545. The highest BCUT2D eigenvalue weighted by atomic mass is 19.1. The van der Waals surface area contributed by atoms with Crippen LogP contribution >= 0.6 is 0 Å². The van der Waals surface area contributed by atoms with Gasteiger partial charge >= 0.3 is 0 Å². The lowest BCUT2D eigenvalue weighted by Crippen LogP contribution is -2.47. The predicted octanol–water partition coefficient (Wildman–Crippen LogP) is 4.67. The van der Waals surface area contributed by atoms with Gasteiger partial charge in [0.2, 0.25) is 5.91 Å². The number of hydrogen-bond acceptors (Lipinski definition) is 4. The molecule has 0 aromatic heterocycles. The first-order valence-electron chi connectivity index (χ1n) is 11.5. The summed E-state index contributed by atoms with van der Waals surface area (Å²) in [6, 6.07) is 9.70. The van der Waals surface area contributed by atoms with E-state index in [2.05, 4.69) is 18.7 Å². The van der Waals surface area contributed by atoms with Gasteiger partial charge in [-0.05, 0) is 56.6 Å². The van der Waals surface area contributed by atoms with Gasteiger partial charge in [-0.3, -0.25) is 4.79 Å². The van der Waals surface area contributed by atoms with Crippen LogP contribution in [0.25, 0.3) is 0 Å². The number of benzene rings is 2. The molecule has 180 valence electrons. The highest BCUT2D eigenvalue weighted by Gasteiger charge is 2.29. The number of piperidine rings is 1. The van der Waals surface area contributed by atoms with Crippen LogP contribution < -0.4 is 9.47 Å². The summed E-state index contributed by atoms with van der Waals surface area (Å²) >= 11 is 0. The van der Waals surface area contributed by atoms with Gasteiger partial charge in [-0.1, -0.05) is 26.0 Å². The zero-order valence-electron chi connectivity index (χ0n) is 19.9. The van der Waals surface area contributed by atoms with E-state index >= 15 is 0 Å². The minimum absolute atomic E-state index is 0.0664. The van der Waals surface area contributed by atoms with Gasteiger partial charge in [0.05, 0.1) is 26.7 Å². The molecule has 3 rings (SSSR count). The maximum absolute atomic E-state index is 14.7. The molecule has 5 nitrogen and oxygen atoms in total. The third-order valence-electron chi connectivity index (χ3n) is 5.99. The van der Waals surface area contributed by atoms with Gasteiger partial charge in [0.15, 0.2) is 0 Å². The fourth-order valence-corrected chi connectivity index (χ4v) is 3.99. The second-order valence-electron chi connectivity index (χ2n) is 9.15. The number of amides is 1. The molecule has 1 amide bonds. The van der Waals surface area contributed by atoms with E-state index in [9.17, 15) is 13.6 Å². The van der Waals surface area contributed by atoms with Gasteiger partial charge in [0.1, 0.15) is 23.1 Å². The van der Waals surface area contributed by atoms with Crippen molar-refractivity contribution in [1.82, 2.24) is 9.80 Å². The van der Waals surface area contributed by atoms with Crippen molar-refractivity contribution in [2.75, 3.05) is 33.9 Å². The molecule has 0 unspecified atom stereocenters. The molecule has 0 aliphatic carbocycles. The molecular weight excluding hydrogens is 426 g/mol. The zero-order valence-corrected chi connectivity index (χ0v) is 19.9. The first kappa shape index (κ1) is 25.0. The largest absolute Gasteiger partial charge is 0.497 e. The number of carbonyl (C=O) groups is 1. The Balaban J connectivity index is 1.77. The lowest BCUT2D eigenvalue weighted by atomic mass is 10.0. The van der Waals surface area contributed by atoms with Gasteiger partial charge in [0.25, 0.3) is 0 Å². The maximum atomic E-state index is 14.7. The Hall–Kier alpha value is -2.67. The lowest BCUT2D eigenvalue weighted by Gasteiger charge is -2.37. The van der Waals surface area contributed by atoms with Gasteiger partial charge in [-0.25, -0.2) is 8.78 Å². The summed E-state index contributed by atoms with van der Waals surface area (Å²) in [5.41, 5.74) is 0.728. The number of rotatable bonds is 9. The molecule has 0 saturated carbocycles. The average molecular weight is 461 g/mol. The van der Waals surface area contributed by atoms with Crippen LogP contribution in [0.2, 0.25) is 0 Å². The van der Waals surface area contributed by atoms with Gasteiger partial charge in [0, 0.05) is 23.7 Å². The molecule has 0 spiro atoms. The molecule has 2 aromatic carbocycles. The fraction of sp³-hybridized carbons (Fsp3) is 0.500. The second-order valence-corrected chi connectivity index (χ2v) is 9.15. The van der Waals surface area contributed by atoms with Crippen LogP contribution in [0.3, 0.4) is 0 Å². The standard InChI is InChI=1S/C26H34F2N2O3/c1-18(2)17-33-21-7-5-19(6-8-21)13-26(31)30(20-9-11-29(3)12-10-20)16-23-24(27)14-22(32-4)15-25(23)28/h5-8,14-15,18,20H,9-13,16-17H2,1-4H3. The van der Waals surface area contributed by atoms with E-state index in [0.717, 1.165) is 49.4 Å². The molecule has 1 fully saturated rings. The number of methoxy groups -OCH3 is 1. The van der Waals surface area contributed by atoms with Crippen LogP contribution in [0.1, 0.15) is 37.8 Å². The number of ether oxygens (including phenoxy) is 2. The van der Waals surface area contributed by atoms with E-state index in [1.165, 1.54) is 7.11 Å². The number of nitrogens with zero attached hydrogens (tertiary/aromatic N) is 2. The first-order valence-corrected chi connectivity index (χ1v) is 11.5. The third-order valence-corrected chi connectivity index (χ3v) is 5.99. The van der Waals surface area contributed by atoms with Crippen molar-refractivity contribution < 1.29 is 23.0 Å². The summed E-state index contributed by atoms with van der Waals surface area (Å²) in [4.78, 5) is 17.2. The molecule has 0 radical (unpaired) electrons. The molecule has 33 heavy (non-hydrogen) atoms. The van der Waals surface area contributed by atoms with Crippen molar-refractivity contribution in [2.45, 2.75) is 45.7 Å². The van der Waals surface area contributed by atoms with Crippen molar-refractivity contribution in [3.8, 4) is 11.5 Å². The van der Waals surface area contributed by atoms with E-state index < -0.39 is 11.6 Å². The molecule has 7 heteroatoms. The monoisotopic (exact) mass is 460 g/mol. The third kappa shape index (κ3) is 6.90. The van der Waals surface area contributed by atoms with E-state index in [1.54, 1.807) is 4.90 Å². The molecule has 1 saturated heterocycles. The number of likely N-dealkylation sites (tertiary alicyclic amines) is 1. The minimum atomic E-state index is -0.704. The molecule has 0 N–H and O–H groups in total. The Morgan fingerprint density at radius 2 is 1.70 bits per heavy atom. The van der Waals surface area contributed by atoms with E-state index in [4.69, 9.17) is 9.47 Å². The smallest absolute Gasteiger partial charge is 0.227 e. The summed E-state index contributed by atoms with van der Waals surface area (Å²) in [6.45, 7) is 6.36. The zero-order chi connectivity index (χ0) is 24.0. The summed E-state index contributed by atoms with van der Waals surface area (Å²) < 4.78 is 40.0. The van der Waals surface area contributed by atoms with Crippen molar-refractivity contribution in [3.05, 3.63) is 59.2 Å². The summed E-state index contributed by atoms with van der Waals surface area (Å²) in [6.07, 6.45) is 1.70. The molecule has 0 bridgehead atoms. The van der Waals surface area contributed by atoms with Crippen LogP contribution in [-0.4, -0.2) is 55.6 Å². The Labute approximate surface area is 195 Å². The molecule has 1 aliphatic heterocycles.